The molecule has 0 spiro atoms. The van der Waals surface area contributed by atoms with Gasteiger partial charge in [0.15, 0.2) is 5.78 Å². The first-order valence-electron chi connectivity index (χ1n) is 8.70. The molecule has 0 aliphatic carbocycles. The average molecular weight is 343 g/mol. The van der Waals surface area contributed by atoms with Gasteiger partial charge in [-0.1, -0.05) is 65.3 Å². The van der Waals surface area contributed by atoms with Gasteiger partial charge >= 0.3 is 0 Å². The maximum Gasteiger partial charge on any atom is 0.193 e. The smallest absolute Gasteiger partial charge is 0.193 e. The van der Waals surface area contributed by atoms with Crippen molar-refractivity contribution in [2.24, 2.45) is 0 Å². The van der Waals surface area contributed by atoms with Crippen LogP contribution in [-0.2, 0) is 0 Å². The zero-order valence-corrected chi connectivity index (χ0v) is 16.2. The van der Waals surface area contributed by atoms with Crippen molar-refractivity contribution in [3.63, 3.8) is 0 Å². The zero-order valence-electron chi connectivity index (χ0n) is 15.5. The summed E-state index contributed by atoms with van der Waals surface area (Å²) >= 11 is 5.97. The van der Waals surface area contributed by atoms with Gasteiger partial charge < -0.3 is 0 Å². The highest BCUT2D eigenvalue weighted by molar-refractivity contribution is 6.30. The first kappa shape index (κ1) is 18.7. The topological polar surface area (TPSA) is 17.1 Å². The highest BCUT2D eigenvalue weighted by Crippen LogP contribution is 2.33. The van der Waals surface area contributed by atoms with Crippen LogP contribution in [0.5, 0.6) is 0 Å². The van der Waals surface area contributed by atoms with E-state index in [1.807, 2.05) is 12.1 Å². The molecule has 0 unspecified atom stereocenters. The Morgan fingerprint density at radius 1 is 0.792 bits per heavy atom. The number of hydrogen-bond donors (Lipinski definition) is 0. The number of halogens is 1. The monoisotopic (exact) mass is 342 g/mol. The first-order chi connectivity index (χ1) is 11.2. The summed E-state index contributed by atoms with van der Waals surface area (Å²) in [6.45, 7) is 13.0. The van der Waals surface area contributed by atoms with Gasteiger partial charge in [-0.15, -0.1) is 0 Å². The third-order valence-electron chi connectivity index (χ3n) is 4.47. The molecular weight excluding hydrogens is 316 g/mol. The Morgan fingerprint density at radius 2 is 1.25 bits per heavy atom. The van der Waals surface area contributed by atoms with Crippen molar-refractivity contribution in [1.82, 2.24) is 0 Å². The lowest BCUT2D eigenvalue weighted by molar-refractivity contribution is 0.103. The Morgan fingerprint density at radius 3 is 1.62 bits per heavy atom. The Labute approximate surface area is 151 Å². The number of carbonyl (C=O) groups is 1. The van der Waals surface area contributed by atoms with Crippen LogP contribution < -0.4 is 0 Å². The first-order valence-corrected chi connectivity index (χ1v) is 9.08. The summed E-state index contributed by atoms with van der Waals surface area (Å²) in [4.78, 5) is 13.2. The summed E-state index contributed by atoms with van der Waals surface area (Å²) in [6.07, 6.45) is 0. The number of carbonyl (C=O) groups excluding carboxylic acids is 1. The number of rotatable bonds is 5. The van der Waals surface area contributed by atoms with Crippen LogP contribution in [0.15, 0.2) is 36.4 Å². The molecule has 2 aromatic rings. The summed E-state index contributed by atoms with van der Waals surface area (Å²) in [5.41, 5.74) is 5.15. The van der Waals surface area contributed by atoms with Crippen LogP contribution in [0.25, 0.3) is 0 Å². The number of benzene rings is 2. The lowest BCUT2D eigenvalue weighted by Gasteiger charge is -2.22. The van der Waals surface area contributed by atoms with E-state index in [-0.39, 0.29) is 5.78 Å². The minimum Gasteiger partial charge on any atom is -0.289 e. The molecule has 2 aromatic carbocycles. The lowest BCUT2D eigenvalue weighted by atomic mass is 9.81. The van der Waals surface area contributed by atoms with E-state index in [9.17, 15) is 4.79 Å². The number of ketones is 1. The van der Waals surface area contributed by atoms with Gasteiger partial charge in [0.05, 0.1) is 0 Å². The van der Waals surface area contributed by atoms with Gasteiger partial charge in [0.1, 0.15) is 0 Å². The highest BCUT2D eigenvalue weighted by Gasteiger charge is 2.23. The molecule has 0 heterocycles. The Kier molecular flexibility index (Phi) is 5.87. The third kappa shape index (κ3) is 3.89. The molecule has 0 atom stereocenters. The van der Waals surface area contributed by atoms with E-state index in [2.05, 4.69) is 53.7 Å². The second-order valence-electron chi connectivity index (χ2n) is 7.37. The summed E-state index contributed by atoms with van der Waals surface area (Å²) in [6, 6.07) is 11.6. The fourth-order valence-electron chi connectivity index (χ4n) is 2.96. The average Bonchev–Trinajstić information content (AvgIpc) is 2.53. The highest BCUT2D eigenvalue weighted by atomic mass is 35.5. The minimum absolute atomic E-state index is 0.0920. The number of hydrogen-bond acceptors (Lipinski definition) is 1. The molecule has 0 amide bonds. The maximum atomic E-state index is 13.2. The summed E-state index contributed by atoms with van der Waals surface area (Å²) < 4.78 is 0. The van der Waals surface area contributed by atoms with E-state index in [0.29, 0.717) is 28.3 Å². The van der Waals surface area contributed by atoms with Crippen molar-refractivity contribution < 1.29 is 4.79 Å². The van der Waals surface area contributed by atoms with E-state index < -0.39 is 0 Å². The van der Waals surface area contributed by atoms with Crippen molar-refractivity contribution in [3.8, 4) is 0 Å². The predicted molar refractivity (Wildman–Crippen MR) is 104 cm³/mol. The van der Waals surface area contributed by atoms with E-state index in [1.165, 1.54) is 5.56 Å². The van der Waals surface area contributed by atoms with Crippen molar-refractivity contribution in [2.45, 2.75) is 59.3 Å². The molecular formula is C22H27ClO. The van der Waals surface area contributed by atoms with Crippen LogP contribution >= 0.6 is 11.6 Å². The second-order valence-corrected chi connectivity index (χ2v) is 7.81. The fourth-order valence-corrected chi connectivity index (χ4v) is 3.09. The van der Waals surface area contributed by atoms with E-state index >= 15 is 0 Å². The van der Waals surface area contributed by atoms with Gasteiger partial charge in [0.25, 0.3) is 0 Å². The molecule has 0 saturated carbocycles. The molecule has 0 bridgehead atoms. The molecule has 2 heteroatoms. The summed E-state index contributed by atoms with van der Waals surface area (Å²) in [5.74, 6) is 1.13. The Balaban J connectivity index is 2.70. The van der Waals surface area contributed by atoms with Gasteiger partial charge in [-0.3, -0.25) is 4.79 Å². The SMILES string of the molecule is CC(C)c1cc(C(C)C)c(C(=O)c2ccc(Cl)cc2)c(C(C)C)c1. The molecule has 0 aromatic heterocycles. The van der Waals surface area contributed by atoms with Crippen molar-refractivity contribution in [1.29, 1.82) is 0 Å². The molecule has 1 nitrogen and oxygen atoms in total. The van der Waals surface area contributed by atoms with Crippen LogP contribution in [0.3, 0.4) is 0 Å². The molecule has 0 fully saturated rings. The van der Waals surface area contributed by atoms with Crippen molar-refractivity contribution in [3.05, 3.63) is 69.2 Å². The summed E-state index contributed by atoms with van der Waals surface area (Å²) in [7, 11) is 0. The maximum absolute atomic E-state index is 13.2. The summed E-state index contributed by atoms with van der Waals surface area (Å²) in [5, 5.41) is 0.648. The molecule has 0 aliphatic heterocycles. The fraction of sp³-hybridized carbons (Fsp3) is 0.409. The Bertz CT molecular complexity index is 695. The zero-order chi connectivity index (χ0) is 18.0. The van der Waals surface area contributed by atoms with Crippen LogP contribution in [-0.4, -0.2) is 5.78 Å². The molecule has 0 aliphatic rings. The van der Waals surface area contributed by atoms with E-state index in [4.69, 9.17) is 11.6 Å². The van der Waals surface area contributed by atoms with Crippen LogP contribution in [0.2, 0.25) is 5.02 Å². The molecule has 128 valence electrons. The largest absolute Gasteiger partial charge is 0.289 e. The molecule has 0 saturated heterocycles. The lowest BCUT2D eigenvalue weighted by Crippen LogP contribution is -2.13. The van der Waals surface area contributed by atoms with Crippen molar-refractivity contribution >= 4 is 17.4 Å². The van der Waals surface area contributed by atoms with E-state index in [1.54, 1.807) is 12.1 Å². The van der Waals surface area contributed by atoms with Crippen LogP contribution in [0, 0.1) is 0 Å². The molecule has 2 rings (SSSR count). The van der Waals surface area contributed by atoms with Gasteiger partial charge in [0, 0.05) is 16.1 Å². The van der Waals surface area contributed by atoms with Gasteiger partial charge in [0.2, 0.25) is 0 Å². The quantitative estimate of drug-likeness (QED) is 0.538. The third-order valence-corrected chi connectivity index (χ3v) is 4.72. The van der Waals surface area contributed by atoms with Crippen LogP contribution in [0.1, 0.15) is 91.9 Å². The minimum atomic E-state index is 0.0920. The molecule has 0 radical (unpaired) electrons. The van der Waals surface area contributed by atoms with E-state index in [0.717, 1.165) is 16.7 Å². The van der Waals surface area contributed by atoms with Crippen LogP contribution in [0.4, 0.5) is 0 Å². The van der Waals surface area contributed by atoms with Gasteiger partial charge in [-0.05, 0) is 58.7 Å². The van der Waals surface area contributed by atoms with Gasteiger partial charge in [-0.2, -0.15) is 0 Å². The normalized spacial score (nSPS) is 11.6. The standard InChI is InChI=1S/C22H27ClO/c1-13(2)17-11-19(14(3)4)21(20(12-17)15(5)6)22(24)16-7-9-18(23)10-8-16/h7-15H,1-6H3. The van der Waals surface area contributed by atoms with Gasteiger partial charge in [-0.25, -0.2) is 0 Å². The molecule has 24 heavy (non-hydrogen) atoms. The molecule has 0 N–H and O–H groups in total. The van der Waals surface area contributed by atoms with Crippen molar-refractivity contribution in [2.75, 3.05) is 0 Å². The second kappa shape index (κ2) is 7.53. The Hall–Kier alpha value is -1.60. The predicted octanol–water partition coefficient (Wildman–Crippen LogP) is 6.94.